The lowest BCUT2D eigenvalue weighted by Crippen LogP contribution is -2.38. The van der Waals surface area contributed by atoms with Crippen molar-refractivity contribution in [2.24, 2.45) is 0 Å². The highest BCUT2D eigenvalue weighted by molar-refractivity contribution is 5.94. The summed E-state index contributed by atoms with van der Waals surface area (Å²) in [4.78, 5) is 27.2. The van der Waals surface area contributed by atoms with Crippen LogP contribution in [0.5, 0.6) is 5.75 Å². The molecule has 0 spiro atoms. The second-order valence-electron chi connectivity index (χ2n) is 7.49. The number of nitrogens with one attached hydrogen (secondary N) is 1. The number of carbonyl (C=O) groups excluding carboxylic acids is 1. The third-order valence-electron chi connectivity index (χ3n) is 5.44. The number of fused-ring (bicyclic) bond motifs is 1. The molecule has 3 aromatic rings. The van der Waals surface area contributed by atoms with Gasteiger partial charge in [0, 0.05) is 36.7 Å². The van der Waals surface area contributed by atoms with Crippen molar-refractivity contribution >= 4 is 16.9 Å². The van der Waals surface area contributed by atoms with Gasteiger partial charge in [0.05, 0.1) is 25.9 Å². The first-order chi connectivity index (χ1) is 15.1. The predicted molar refractivity (Wildman–Crippen MR) is 119 cm³/mol. The molecule has 0 unspecified atom stereocenters. The van der Waals surface area contributed by atoms with Crippen molar-refractivity contribution in [1.29, 1.82) is 0 Å². The summed E-state index contributed by atoms with van der Waals surface area (Å²) in [6.45, 7) is 5.03. The smallest absolute Gasteiger partial charge is 0.344 e. The molecule has 1 N–H and O–H groups in total. The van der Waals surface area contributed by atoms with Gasteiger partial charge in [0.15, 0.2) is 0 Å². The number of nitrogens with zero attached hydrogens (tertiary/aromatic N) is 1. The summed E-state index contributed by atoms with van der Waals surface area (Å²) in [5.41, 5.74) is 1.76. The monoisotopic (exact) mass is 422 g/mol. The lowest BCUT2D eigenvalue weighted by atomic mass is 10.0. The maximum atomic E-state index is 12.5. The number of hydrogen-bond acceptors (Lipinski definition) is 6. The average Bonchev–Trinajstić information content (AvgIpc) is 2.81. The van der Waals surface area contributed by atoms with Gasteiger partial charge in [-0.2, -0.15) is 0 Å². The Morgan fingerprint density at radius 2 is 1.87 bits per heavy atom. The minimum absolute atomic E-state index is 0.119. The Morgan fingerprint density at radius 3 is 2.61 bits per heavy atom. The van der Waals surface area contributed by atoms with Gasteiger partial charge in [-0.15, -0.1) is 0 Å². The minimum atomic E-state index is -0.430. The maximum Gasteiger partial charge on any atom is 0.344 e. The van der Waals surface area contributed by atoms with Crippen molar-refractivity contribution in [3.8, 4) is 16.9 Å². The highest BCUT2D eigenvalue weighted by atomic mass is 16.5. The van der Waals surface area contributed by atoms with Crippen molar-refractivity contribution in [3.05, 3.63) is 64.5 Å². The Morgan fingerprint density at radius 1 is 1.10 bits per heavy atom. The van der Waals surface area contributed by atoms with Crippen LogP contribution >= 0.6 is 0 Å². The van der Waals surface area contributed by atoms with E-state index in [0.29, 0.717) is 34.6 Å². The summed E-state index contributed by atoms with van der Waals surface area (Å²) in [7, 11) is 1.56. The van der Waals surface area contributed by atoms with Gasteiger partial charge in [0.1, 0.15) is 11.3 Å². The van der Waals surface area contributed by atoms with Crippen molar-refractivity contribution in [2.45, 2.75) is 6.42 Å². The molecule has 2 aromatic carbocycles. The molecule has 4 rings (SSSR count). The molecule has 1 aliphatic rings. The normalized spacial score (nSPS) is 14.5. The van der Waals surface area contributed by atoms with Gasteiger partial charge in [0.25, 0.3) is 5.91 Å². The third kappa shape index (κ3) is 5.13. The molecule has 1 aliphatic heterocycles. The predicted octanol–water partition coefficient (Wildman–Crippen LogP) is 2.92. The molecule has 7 nitrogen and oxygen atoms in total. The van der Waals surface area contributed by atoms with E-state index in [1.54, 1.807) is 43.5 Å². The number of amides is 1. The first-order valence-corrected chi connectivity index (χ1v) is 10.4. The fraction of sp³-hybridized carbons (Fsp3) is 0.333. The van der Waals surface area contributed by atoms with E-state index in [4.69, 9.17) is 13.9 Å². The van der Waals surface area contributed by atoms with E-state index >= 15 is 0 Å². The van der Waals surface area contributed by atoms with Crippen LogP contribution in [-0.4, -0.2) is 57.3 Å². The number of carbonyl (C=O) groups is 1. The molecule has 1 aromatic heterocycles. The van der Waals surface area contributed by atoms with E-state index in [1.807, 2.05) is 12.1 Å². The van der Waals surface area contributed by atoms with E-state index in [9.17, 15) is 9.59 Å². The lowest BCUT2D eigenvalue weighted by molar-refractivity contribution is 0.0374. The summed E-state index contributed by atoms with van der Waals surface area (Å²) in [6, 6.07) is 14.1. The van der Waals surface area contributed by atoms with Crippen LogP contribution < -0.4 is 15.7 Å². The molecule has 2 heterocycles. The van der Waals surface area contributed by atoms with Crippen LogP contribution in [0.15, 0.2) is 57.7 Å². The lowest BCUT2D eigenvalue weighted by Gasteiger charge is -2.26. The molecular weight excluding hydrogens is 396 g/mol. The Labute approximate surface area is 180 Å². The van der Waals surface area contributed by atoms with Crippen LogP contribution in [0, 0.1) is 0 Å². The Kier molecular flexibility index (Phi) is 6.64. The highest BCUT2D eigenvalue weighted by Crippen LogP contribution is 2.24. The van der Waals surface area contributed by atoms with Gasteiger partial charge < -0.3 is 19.2 Å². The van der Waals surface area contributed by atoms with Gasteiger partial charge in [0.2, 0.25) is 0 Å². The quantitative estimate of drug-likeness (QED) is 0.466. The molecule has 1 saturated heterocycles. The molecule has 162 valence electrons. The number of methoxy groups -OCH3 is 1. The summed E-state index contributed by atoms with van der Waals surface area (Å²) < 4.78 is 16.0. The zero-order valence-corrected chi connectivity index (χ0v) is 17.6. The average molecular weight is 422 g/mol. The molecule has 0 aliphatic carbocycles. The second kappa shape index (κ2) is 9.76. The third-order valence-corrected chi connectivity index (χ3v) is 5.44. The largest absolute Gasteiger partial charge is 0.497 e. The first kappa shape index (κ1) is 21.1. The summed E-state index contributed by atoms with van der Waals surface area (Å²) in [5, 5.41) is 3.76. The van der Waals surface area contributed by atoms with Gasteiger partial charge in [-0.25, -0.2) is 4.79 Å². The molecule has 0 bridgehead atoms. The van der Waals surface area contributed by atoms with Crippen LogP contribution in [0.25, 0.3) is 22.1 Å². The number of benzene rings is 2. The van der Waals surface area contributed by atoms with Crippen molar-refractivity contribution in [3.63, 3.8) is 0 Å². The topological polar surface area (TPSA) is 81.0 Å². The van der Waals surface area contributed by atoms with Crippen molar-refractivity contribution < 1.29 is 18.7 Å². The Hall–Kier alpha value is -3.16. The zero-order valence-electron chi connectivity index (χ0n) is 17.6. The van der Waals surface area contributed by atoms with Gasteiger partial charge in [-0.1, -0.05) is 12.1 Å². The van der Waals surface area contributed by atoms with E-state index in [1.165, 1.54) is 0 Å². The molecule has 31 heavy (non-hydrogen) atoms. The minimum Gasteiger partial charge on any atom is -0.497 e. The number of ether oxygens (including phenoxy) is 2. The van der Waals surface area contributed by atoms with Gasteiger partial charge in [-0.05, 0) is 48.9 Å². The molecule has 0 radical (unpaired) electrons. The van der Waals surface area contributed by atoms with Crippen LogP contribution in [0.2, 0.25) is 0 Å². The number of hydrogen-bond donors (Lipinski definition) is 1. The first-order valence-electron chi connectivity index (χ1n) is 10.4. The van der Waals surface area contributed by atoms with E-state index in [-0.39, 0.29) is 5.91 Å². The standard InChI is InChI=1S/C24H26N2O5/c1-29-20-8-7-19-15-21(24(28)31-22(19)16-20)17-3-5-18(6-4-17)23(27)25-9-2-10-26-11-13-30-14-12-26/h3-8,15-16H,2,9-14H2,1H3,(H,25,27). The summed E-state index contributed by atoms with van der Waals surface area (Å²) in [5.74, 6) is 0.509. The molecular formula is C24H26N2O5. The summed E-state index contributed by atoms with van der Waals surface area (Å²) in [6.07, 6.45) is 0.896. The van der Waals surface area contributed by atoms with Crippen LogP contribution in [-0.2, 0) is 4.74 Å². The highest BCUT2D eigenvalue weighted by Gasteiger charge is 2.12. The SMILES string of the molecule is COc1ccc2cc(-c3ccc(C(=O)NCCCN4CCOCC4)cc3)c(=O)oc2c1. The second-order valence-corrected chi connectivity index (χ2v) is 7.49. The fourth-order valence-corrected chi connectivity index (χ4v) is 3.65. The maximum absolute atomic E-state index is 12.5. The molecule has 1 amide bonds. The van der Waals surface area contributed by atoms with Crippen molar-refractivity contribution in [1.82, 2.24) is 10.2 Å². The Bertz CT molecular complexity index is 1100. The van der Waals surface area contributed by atoms with Crippen LogP contribution in [0.3, 0.4) is 0 Å². The van der Waals surface area contributed by atoms with Crippen LogP contribution in [0.1, 0.15) is 16.8 Å². The molecule has 0 atom stereocenters. The van der Waals surface area contributed by atoms with Crippen molar-refractivity contribution in [2.75, 3.05) is 46.5 Å². The molecule has 1 fully saturated rings. The molecule has 0 saturated carbocycles. The van der Waals surface area contributed by atoms with E-state index in [0.717, 1.165) is 44.7 Å². The van der Waals surface area contributed by atoms with Crippen LogP contribution in [0.4, 0.5) is 0 Å². The van der Waals surface area contributed by atoms with E-state index < -0.39 is 5.63 Å². The van der Waals surface area contributed by atoms with E-state index in [2.05, 4.69) is 10.2 Å². The fourth-order valence-electron chi connectivity index (χ4n) is 3.65. The number of rotatable bonds is 7. The van der Waals surface area contributed by atoms with Gasteiger partial charge >= 0.3 is 5.63 Å². The zero-order chi connectivity index (χ0) is 21.6. The van der Waals surface area contributed by atoms with Gasteiger partial charge in [-0.3, -0.25) is 9.69 Å². The summed E-state index contributed by atoms with van der Waals surface area (Å²) >= 11 is 0. The number of morpholine rings is 1. The molecule has 7 heteroatoms. The Balaban J connectivity index is 1.38.